The van der Waals surface area contributed by atoms with Gasteiger partial charge in [-0.25, -0.2) is 13.1 Å². The Morgan fingerprint density at radius 2 is 1.95 bits per heavy atom. The fourth-order valence-electron chi connectivity index (χ4n) is 1.59. The molecule has 1 rings (SSSR count). The van der Waals surface area contributed by atoms with Crippen LogP contribution in [0.5, 0.6) is 0 Å². The quantitative estimate of drug-likeness (QED) is 0.660. The molecule has 1 aromatic rings. The fraction of sp³-hybridized carbons (Fsp3) is 0.462. The first-order valence-corrected chi connectivity index (χ1v) is 7.65. The molecule has 0 heterocycles. The van der Waals surface area contributed by atoms with E-state index in [4.69, 9.17) is 5.26 Å². The summed E-state index contributed by atoms with van der Waals surface area (Å²) in [4.78, 5) is 10.1. The fourth-order valence-corrected chi connectivity index (χ4v) is 3.13. The molecule has 0 aliphatic rings. The van der Waals surface area contributed by atoms with Crippen LogP contribution < -0.4 is 4.72 Å². The van der Waals surface area contributed by atoms with Gasteiger partial charge in [-0.2, -0.15) is 5.26 Å². The minimum absolute atomic E-state index is 0.0764. The van der Waals surface area contributed by atoms with Crippen molar-refractivity contribution in [3.05, 3.63) is 33.4 Å². The van der Waals surface area contributed by atoms with Gasteiger partial charge < -0.3 is 0 Å². The lowest BCUT2D eigenvalue weighted by molar-refractivity contribution is -0.385. The largest absolute Gasteiger partial charge is 0.271 e. The van der Waals surface area contributed by atoms with E-state index in [0.29, 0.717) is 11.1 Å². The second-order valence-corrected chi connectivity index (χ2v) is 7.20. The van der Waals surface area contributed by atoms with Crippen molar-refractivity contribution in [2.24, 2.45) is 5.41 Å². The van der Waals surface area contributed by atoms with Crippen LogP contribution in [0.4, 0.5) is 5.69 Å². The maximum absolute atomic E-state index is 12.3. The Balaban J connectivity index is 3.26. The third-order valence-corrected chi connectivity index (χ3v) is 4.64. The minimum Gasteiger partial charge on any atom is -0.258 e. The molecular formula is C13H17N3O4S. The Kier molecular flexibility index (Phi) is 4.71. The highest BCUT2D eigenvalue weighted by atomic mass is 32.2. The summed E-state index contributed by atoms with van der Waals surface area (Å²) in [5, 5.41) is 19.8. The van der Waals surface area contributed by atoms with Gasteiger partial charge >= 0.3 is 0 Å². The van der Waals surface area contributed by atoms with E-state index >= 15 is 0 Å². The van der Waals surface area contributed by atoms with E-state index in [9.17, 15) is 18.5 Å². The number of nitrogens with one attached hydrogen (secondary N) is 1. The van der Waals surface area contributed by atoms with E-state index in [2.05, 4.69) is 4.72 Å². The number of nitro benzene ring substituents is 1. The Morgan fingerprint density at radius 3 is 2.43 bits per heavy atom. The minimum atomic E-state index is -3.92. The van der Waals surface area contributed by atoms with Crippen LogP contribution in [0.25, 0.3) is 0 Å². The summed E-state index contributed by atoms with van der Waals surface area (Å²) < 4.78 is 26.9. The van der Waals surface area contributed by atoms with Gasteiger partial charge in [0.25, 0.3) is 5.69 Å². The van der Waals surface area contributed by atoms with E-state index in [1.165, 1.54) is 6.07 Å². The van der Waals surface area contributed by atoms with Crippen molar-refractivity contribution >= 4 is 15.7 Å². The SMILES string of the molecule is Cc1cc([N+](=O)[O-])cc(S(=O)(=O)NCC(C)(C)C#N)c1C. The molecule has 0 amide bonds. The van der Waals surface area contributed by atoms with Gasteiger partial charge in [-0.3, -0.25) is 10.1 Å². The molecule has 21 heavy (non-hydrogen) atoms. The van der Waals surface area contributed by atoms with Crippen LogP contribution in [-0.4, -0.2) is 19.9 Å². The molecule has 0 atom stereocenters. The summed E-state index contributed by atoms with van der Waals surface area (Å²) >= 11 is 0. The van der Waals surface area contributed by atoms with Crippen LogP contribution in [-0.2, 0) is 10.0 Å². The molecule has 8 heteroatoms. The van der Waals surface area contributed by atoms with Gasteiger partial charge in [0.2, 0.25) is 10.0 Å². The van der Waals surface area contributed by atoms with Gasteiger partial charge in [-0.15, -0.1) is 0 Å². The predicted octanol–water partition coefficient (Wildman–Crippen LogP) is 2.04. The molecule has 0 aromatic heterocycles. The van der Waals surface area contributed by atoms with E-state index in [0.717, 1.165) is 6.07 Å². The number of hydrogen-bond acceptors (Lipinski definition) is 5. The third-order valence-electron chi connectivity index (χ3n) is 3.11. The smallest absolute Gasteiger partial charge is 0.258 e. The summed E-state index contributed by atoms with van der Waals surface area (Å²) in [7, 11) is -3.92. The second-order valence-electron chi connectivity index (χ2n) is 5.46. The summed E-state index contributed by atoms with van der Waals surface area (Å²) in [6, 6.07) is 4.34. The summed E-state index contributed by atoms with van der Waals surface area (Å²) in [6.07, 6.45) is 0. The molecule has 0 bridgehead atoms. The Morgan fingerprint density at radius 1 is 1.38 bits per heavy atom. The highest BCUT2D eigenvalue weighted by Gasteiger charge is 2.25. The van der Waals surface area contributed by atoms with Gasteiger partial charge in [0, 0.05) is 18.7 Å². The van der Waals surface area contributed by atoms with Crippen molar-refractivity contribution in [1.82, 2.24) is 4.72 Å². The summed E-state index contributed by atoms with van der Waals surface area (Å²) in [6.45, 7) is 6.32. The van der Waals surface area contributed by atoms with E-state index in [1.54, 1.807) is 27.7 Å². The van der Waals surface area contributed by atoms with Crippen molar-refractivity contribution in [2.75, 3.05) is 6.54 Å². The van der Waals surface area contributed by atoms with Crippen LogP contribution in [0.3, 0.4) is 0 Å². The zero-order chi connectivity index (χ0) is 16.4. The number of nitriles is 1. The molecule has 0 fully saturated rings. The molecular weight excluding hydrogens is 294 g/mol. The molecule has 0 saturated carbocycles. The van der Waals surface area contributed by atoms with Crippen LogP contribution in [0.2, 0.25) is 0 Å². The summed E-state index contributed by atoms with van der Waals surface area (Å²) in [5.74, 6) is 0. The number of aryl methyl sites for hydroxylation is 1. The zero-order valence-electron chi connectivity index (χ0n) is 12.3. The van der Waals surface area contributed by atoms with Crippen LogP contribution >= 0.6 is 0 Å². The lowest BCUT2D eigenvalue weighted by Gasteiger charge is -2.17. The average Bonchev–Trinajstić information content (AvgIpc) is 2.39. The summed E-state index contributed by atoms with van der Waals surface area (Å²) in [5.41, 5.74) is -0.179. The molecule has 0 radical (unpaired) electrons. The maximum Gasteiger partial charge on any atom is 0.271 e. The van der Waals surface area contributed by atoms with Crippen molar-refractivity contribution in [3.63, 3.8) is 0 Å². The first-order chi connectivity index (χ1) is 9.50. The Labute approximate surface area is 123 Å². The van der Waals surface area contributed by atoms with Crippen molar-refractivity contribution in [2.45, 2.75) is 32.6 Å². The standard InChI is InChI=1S/C13H17N3O4S/c1-9-5-11(16(17)18)6-12(10(9)2)21(19,20)15-8-13(3,4)7-14/h5-6,15H,8H2,1-4H3. The van der Waals surface area contributed by atoms with Crippen LogP contribution in [0.1, 0.15) is 25.0 Å². The predicted molar refractivity (Wildman–Crippen MR) is 77.2 cm³/mol. The molecule has 0 unspecified atom stereocenters. The number of non-ortho nitro benzene ring substituents is 1. The number of nitrogens with zero attached hydrogens (tertiary/aromatic N) is 2. The lowest BCUT2D eigenvalue weighted by Crippen LogP contribution is -2.33. The Hall–Kier alpha value is -1.98. The van der Waals surface area contributed by atoms with Gasteiger partial charge in [0.05, 0.1) is 21.3 Å². The molecule has 0 spiro atoms. The van der Waals surface area contributed by atoms with Gasteiger partial charge in [0.1, 0.15) is 0 Å². The number of rotatable bonds is 5. The second kappa shape index (κ2) is 5.79. The van der Waals surface area contributed by atoms with Crippen LogP contribution in [0, 0.1) is 40.7 Å². The first-order valence-electron chi connectivity index (χ1n) is 6.17. The highest BCUT2D eigenvalue weighted by molar-refractivity contribution is 7.89. The van der Waals surface area contributed by atoms with E-state index in [1.807, 2.05) is 6.07 Å². The zero-order valence-corrected chi connectivity index (χ0v) is 13.1. The molecule has 7 nitrogen and oxygen atoms in total. The van der Waals surface area contributed by atoms with Crippen molar-refractivity contribution in [3.8, 4) is 6.07 Å². The normalized spacial score (nSPS) is 12.0. The molecule has 1 aromatic carbocycles. The first kappa shape index (κ1) is 17.1. The number of sulfonamides is 1. The maximum atomic E-state index is 12.3. The monoisotopic (exact) mass is 311 g/mol. The Bertz CT molecular complexity index is 718. The van der Waals surface area contributed by atoms with Crippen molar-refractivity contribution in [1.29, 1.82) is 5.26 Å². The molecule has 0 aliphatic heterocycles. The van der Waals surface area contributed by atoms with Crippen molar-refractivity contribution < 1.29 is 13.3 Å². The number of benzene rings is 1. The molecule has 0 saturated heterocycles. The highest BCUT2D eigenvalue weighted by Crippen LogP contribution is 2.25. The molecule has 114 valence electrons. The lowest BCUT2D eigenvalue weighted by atomic mass is 9.97. The van der Waals surface area contributed by atoms with Gasteiger partial charge in [0.15, 0.2) is 0 Å². The topological polar surface area (TPSA) is 113 Å². The third kappa shape index (κ3) is 4.00. The molecule has 1 N–H and O–H groups in total. The van der Waals surface area contributed by atoms with Gasteiger partial charge in [-0.05, 0) is 38.8 Å². The number of hydrogen-bond donors (Lipinski definition) is 1. The van der Waals surface area contributed by atoms with Gasteiger partial charge in [-0.1, -0.05) is 0 Å². The molecule has 0 aliphatic carbocycles. The van der Waals surface area contributed by atoms with Crippen LogP contribution in [0.15, 0.2) is 17.0 Å². The number of nitro groups is 1. The average molecular weight is 311 g/mol. The van der Waals surface area contributed by atoms with E-state index in [-0.39, 0.29) is 17.1 Å². The van der Waals surface area contributed by atoms with E-state index < -0.39 is 20.4 Å².